The lowest BCUT2D eigenvalue weighted by Crippen LogP contribution is -2.42. The van der Waals surface area contributed by atoms with Gasteiger partial charge in [0.2, 0.25) is 6.08 Å². The first-order chi connectivity index (χ1) is 19.7. The fourth-order valence-corrected chi connectivity index (χ4v) is 5.08. The van der Waals surface area contributed by atoms with E-state index in [1.54, 1.807) is 0 Å². The van der Waals surface area contributed by atoms with Crippen LogP contribution in [-0.2, 0) is 20.9 Å². The number of carbonyl (C=O) groups is 2. The fourth-order valence-electron chi connectivity index (χ4n) is 5.08. The molecule has 41 heavy (non-hydrogen) atoms. The van der Waals surface area contributed by atoms with Crippen molar-refractivity contribution in [2.75, 3.05) is 26.2 Å². The van der Waals surface area contributed by atoms with Crippen LogP contribution >= 0.6 is 0 Å². The largest absolute Gasteiger partial charge is 0.481 e. The predicted molar refractivity (Wildman–Crippen MR) is 165 cm³/mol. The van der Waals surface area contributed by atoms with E-state index in [0.29, 0.717) is 38.7 Å². The normalized spacial score (nSPS) is 17.1. The van der Waals surface area contributed by atoms with Crippen LogP contribution in [0.2, 0.25) is 0 Å². The summed E-state index contributed by atoms with van der Waals surface area (Å²) in [6, 6.07) is 8.28. The summed E-state index contributed by atoms with van der Waals surface area (Å²) in [7, 11) is 0. The van der Waals surface area contributed by atoms with Crippen molar-refractivity contribution in [3.8, 4) is 0 Å². The van der Waals surface area contributed by atoms with Crippen molar-refractivity contribution in [1.29, 1.82) is 0 Å². The third-order valence-corrected chi connectivity index (χ3v) is 7.73. The highest BCUT2D eigenvalue weighted by atomic mass is 16.5. The molecule has 1 aliphatic rings. The van der Waals surface area contributed by atoms with Crippen molar-refractivity contribution in [2.45, 2.75) is 111 Å². The lowest BCUT2D eigenvalue weighted by Gasteiger charge is -2.31. The van der Waals surface area contributed by atoms with Crippen molar-refractivity contribution in [2.24, 2.45) is 22.7 Å². The van der Waals surface area contributed by atoms with E-state index >= 15 is 0 Å². The first kappa shape index (κ1) is 36.3. The number of carboxylic acid groups (broad SMARTS) is 1. The second-order valence-electron chi connectivity index (χ2n) is 11.6. The number of isocyanates is 1. The van der Waals surface area contributed by atoms with E-state index in [-0.39, 0.29) is 24.0 Å². The maximum Gasteiger partial charge on any atom is 0.317 e. The lowest BCUT2D eigenvalue weighted by molar-refractivity contribution is -0.143. The minimum Gasteiger partial charge on any atom is -0.481 e. The van der Waals surface area contributed by atoms with E-state index in [1.807, 2.05) is 18.7 Å². The van der Waals surface area contributed by atoms with Crippen molar-refractivity contribution < 1.29 is 24.2 Å². The number of unbranched alkanes of at least 4 members (excludes halogenated alkanes) is 2. The summed E-state index contributed by atoms with van der Waals surface area (Å²) < 4.78 is 6.24. The standard InChI is InChI=1S/C28H46N2O4.C5H9NO/c1-5-6-16-29-28(33)30(20-24-12-10-22(4)11-13-24)17-18-34-25-9-7-8-23(19-25)14-15-26(21(2)3)27(31)32;1-2-3-4-6-5-7/h10-13,21,23,25-26H,5-9,14-20H2,1-4H3,(H,29,33)(H,31,32);2-4H2,1H3/t23-,25-,26?;/m1./s1. The third kappa shape index (κ3) is 16.4. The van der Waals surface area contributed by atoms with Crippen LogP contribution in [0, 0.1) is 24.7 Å². The first-order valence-electron chi connectivity index (χ1n) is 15.7. The Morgan fingerprint density at radius 1 is 1.15 bits per heavy atom. The molecule has 0 aliphatic heterocycles. The molecule has 2 N–H and O–H groups in total. The number of carbonyl (C=O) groups excluding carboxylic acids is 2. The molecule has 0 aromatic heterocycles. The molecule has 2 amide bonds. The number of amides is 2. The van der Waals surface area contributed by atoms with Crippen LogP contribution in [0.25, 0.3) is 0 Å². The highest BCUT2D eigenvalue weighted by molar-refractivity contribution is 5.74. The van der Waals surface area contributed by atoms with Crippen molar-refractivity contribution in [3.05, 3.63) is 35.4 Å². The highest BCUT2D eigenvalue weighted by Gasteiger charge is 2.27. The van der Waals surface area contributed by atoms with E-state index in [1.165, 1.54) is 11.6 Å². The number of aryl methyl sites for hydroxylation is 1. The van der Waals surface area contributed by atoms with Crippen LogP contribution in [0.1, 0.15) is 103 Å². The molecule has 1 aliphatic carbocycles. The molecule has 1 saturated carbocycles. The molecule has 1 aromatic rings. The molecule has 2 rings (SSSR count). The first-order valence-corrected chi connectivity index (χ1v) is 15.7. The van der Waals surface area contributed by atoms with Gasteiger partial charge in [-0.15, -0.1) is 0 Å². The molecule has 232 valence electrons. The molecule has 3 atom stereocenters. The fraction of sp³-hybridized carbons (Fsp3) is 0.727. The Morgan fingerprint density at radius 3 is 2.46 bits per heavy atom. The summed E-state index contributed by atoms with van der Waals surface area (Å²) in [5, 5.41) is 12.5. The summed E-state index contributed by atoms with van der Waals surface area (Å²) in [5.41, 5.74) is 2.33. The maximum absolute atomic E-state index is 12.8. The van der Waals surface area contributed by atoms with Gasteiger partial charge in [0.25, 0.3) is 0 Å². The number of rotatable bonds is 17. The molecule has 0 spiro atoms. The molecule has 0 bridgehead atoms. The molecule has 8 nitrogen and oxygen atoms in total. The van der Waals surface area contributed by atoms with Gasteiger partial charge in [-0.25, -0.2) is 14.6 Å². The molecule has 1 fully saturated rings. The quantitative estimate of drug-likeness (QED) is 0.117. The molecule has 0 saturated heterocycles. The summed E-state index contributed by atoms with van der Waals surface area (Å²) >= 11 is 0. The molecule has 1 unspecified atom stereocenters. The van der Waals surface area contributed by atoms with E-state index in [2.05, 4.69) is 55.3 Å². The van der Waals surface area contributed by atoms with Crippen molar-refractivity contribution >= 4 is 18.1 Å². The van der Waals surface area contributed by atoms with Gasteiger partial charge in [0, 0.05) is 19.6 Å². The Balaban J connectivity index is 0.00000106. The minimum absolute atomic E-state index is 0.0347. The maximum atomic E-state index is 12.8. The Bertz CT molecular complexity index is 899. The lowest BCUT2D eigenvalue weighted by atomic mass is 9.81. The zero-order chi connectivity index (χ0) is 30.5. The average molecular weight is 574 g/mol. The molecule has 1 aromatic carbocycles. The van der Waals surface area contributed by atoms with Crippen LogP contribution in [-0.4, -0.2) is 60.4 Å². The zero-order valence-corrected chi connectivity index (χ0v) is 26.2. The summed E-state index contributed by atoms with van der Waals surface area (Å²) in [6.07, 6.45) is 11.8. The summed E-state index contributed by atoms with van der Waals surface area (Å²) in [5.74, 6) is -0.246. The number of urea groups is 1. The number of aliphatic carboxylic acids is 1. The van der Waals surface area contributed by atoms with Gasteiger partial charge in [0.15, 0.2) is 0 Å². The van der Waals surface area contributed by atoms with Gasteiger partial charge in [0.05, 0.1) is 25.2 Å². The van der Waals surface area contributed by atoms with E-state index < -0.39 is 5.97 Å². The van der Waals surface area contributed by atoms with E-state index in [4.69, 9.17) is 4.74 Å². The number of nitrogens with one attached hydrogen (secondary N) is 1. The second-order valence-corrected chi connectivity index (χ2v) is 11.6. The second kappa shape index (κ2) is 22.0. The van der Waals surface area contributed by atoms with Gasteiger partial charge < -0.3 is 20.1 Å². The number of carboxylic acids is 1. The number of aliphatic imine (C=N–C) groups is 1. The zero-order valence-electron chi connectivity index (χ0n) is 26.2. The SMILES string of the molecule is CCCCN=C=O.CCCCNC(=O)N(CCO[C@@H]1CCC[C@H](CCC(C(=O)O)C(C)C)C1)Cc1ccc(C)cc1. The van der Waals surface area contributed by atoms with Gasteiger partial charge in [-0.3, -0.25) is 4.79 Å². The molecule has 8 heteroatoms. The van der Waals surface area contributed by atoms with E-state index in [9.17, 15) is 19.5 Å². The molecule has 0 heterocycles. The summed E-state index contributed by atoms with van der Waals surface area (Å²) in [6.45, 7) is 13.2. The minimum atomic E-state index is -0.676. The monoisotopic (exact) mass is 573 g/mol. The van der Waals surface area contributed by atoms with Gasteiger partial charge in [0.1, 0.15) is 0 Å². The van der Waals surface area contributed by atoms with Crippen LogP contribution in [0.15, 0.2) is 29.3 Å². The number of benzene rings is 1. The Morgan fingerprint density at radius 2 is 1.85 bits per heavy atom. The topological polar surface area (TPSA) is 108 Å². The highest BCUT2D eigenvalue weighted by Crippen LogP contribution is 2.32. The number of hydrogen-bond acceptors (Lipinski definition) is 5. The van der Waals surface area contributed by atoms with Gasteiger partial charge in [-0.2, -0.15) is 0 Å². The average Bonchev–Trinajstić information content (AvgIpc) is 2.94. The molecular formula is C33H55N3O5. The van der Waals surface area contributed by atoms with Gasteiger partial charge in [-0.05, 0) is 62.8 Å². The number of ether oxygens (including phenoxy) is 1. The Labute approximate surface area is 248 Å². The third-order valence-electron chi connectivity index (χ3n) is 7.73. The van der Waals surface area contributed by atoms with Crippen LogP contribution in [0.3, 0.4) is 0 Å². The number of nitrogens with zero attached hydrogens (tertiary/aromatic N) is 2. The van der Waals surface area contributed by atoms with Gasteiger partial charge in [-0.1, -0.05) is 83.2 Å². The Hall–Kier alpha value is -2.70. The molecule has 0 radical (unpaired) electrons. The Kier molecular flexibility index (Phi) is 19.5. The van der Waals surface area contributed by atoms with Crippen molar-refractivity contribution in [3.63, 3.8) is 0 Å². The van der Waals surface area contributed by atoms with Crippen LogP contribution < -0.4 is 5.32 Å². The van der Waals surface area contributed by atoms with Crippen LogP contribution in [0.5, 0.6) is 0 Å². The predicted octanol–water partition coefficient (Wildman–Crippen LogP) is 7.14. The number of hydrogen-bond donors (Lipinski definition) is 2. The summed E-state index contributed by atoms with van der Waals surface area (Å²) in [4.78, 5) is 38.9. The van der Waals surface area contributed by atoms with E-state index in [0.717, 1.165) is 69.8 Å². The molecular weight excluding hydrogens is 518 g/mol. The van der Waals surface area contributed by atoms with Crippen LogP contribution in [0.4, 0.5) is 4.79 Å². The van der Waals surface area contributed by atoms with Gasteiger partial charge >= 0.3 is 12.0 Å². The smallest absolute Gasteiger partial charge is 0.317 e. The van der Waals surface area contributed by atoms with Crippen molar-refractivity contribution in [1.82, 2.24) is 10.2 Å².